The van der Waals surface area contributed by atoms with Gasteiger partial charge in [0.25, 0.3) is 5.91 Å². The molecule has 1 saturated heterocycles. The van der Waals surface area contributed by atoms with E-state index < -0.39 is 6.04 Å². The van der Waals surface area contributed by atoms with Crippen molar-refractivity contribution in [3.8, 4) is 0 Å². The Hall–Kier alpha value is -2.14. The quantitative estimate of drug-likeness (QED) is 0.937. The summed E-state index contributed by atoms with van der Waals surface area (Å²) in [5.74, 6) is -0.197. The van der Waals surface area contributed by atoms with Crippen LogP contribution in [0.5, 0.6) is 0 Å². The lowest BCUT2D eigenvalue weighted by Crippen LogP contribution is -2.46. The van der Waals surface area contributed by atoms with Gasteiger partial charge >= 0.3 is 0 Å². The molecule has 4 nitrogen and oxygen atoms in total. The van der Waals surface area contributed by atoms with Crippen molar-refractivity contribution in [2.45, 2.75) is 31.8 Å². The molecule has 1 N–H and O–H groups in total. The van der Waals surface area contributed by atoms with Gasteiger partial charge in [-0.2, -0.15) is 0 Å². The number of amides is 2. The Balaban J connectivity index is 1.68. The summed E-state index contributed by atoms with van der Waals surface area (Å²) in [7, 11) is 0. The third-order valence-electron chi connectivity index (χ3n) is 4.18. The van der Waals surface area contributed by atoms with Crippen LogP contribution in [0.1, 0.15) is 41.0 Å². The summed E-state index contributed by atoms with van der Waals surface area (Å²) < 4.78 is 0. The van der Waals surface area contributed by atoms with Gasteiger partial charge in [-0.15, -0.1) is 11.3 Å². The first kappa shape index (κ1) is 15.7. The van der Waals surface area contributed by atoms with E-state index in [1.807, 2.05) is 34.5 Å². The van der Waals surface area contributed by atoms with Gasteiger partial charge in [0.05, 0.1) is 10.9 Å². The molecule has 2 amide bonds. The molecule has 1 aromatic carbocycles. The second-order valence-corrected chi connectivity index (χ2v) is 6.72. The smallest absolute Gasteiger partial charge is 0.261 e. The molecule has 120 valence electrons. The lowest BCUT2D eigenvalue weighted by atomic mass is 10.0. The summed E-state index contributed by atoms with van der Waals surface area (Å²) in [6.07, 6.45) is 1.97. The van der Waals surface area contributed by atoms with Gasteiger partial charge in [0.1, 0.15) is 6.04 Å². The van der Waals surface area contributed by atoms with Crippen molar-refractivity contribution in [2.75, 3.05) is 6.54 Å². The summed E-state index contributed by atoms with van der Waals surface area (Å²) in [4.78, 5) is 27.4. The number of nitrogens with one attached hydrogen (secondary N) is 1. The lowest BCUT2D eigenvalue weighted by Gasteiger charge is -2.28. The van der Waals surface area contributed by atoms with Gasteiger partial charge in [0.15, 0.2) is 0 Å². The van der Waals surface area contributed by atoms with Gasteiger partial charge in [-0.05, 0) is 36.8 Å². The molecule has 0 saturated carbocycles. The van der Waals surface area contributed by atoms with E-state index >= 15 is 0 Å². The summed E-state index contributed by atoms with van der Waals surface area (Å²) in [6.45, 7) is 2.51. The van der Waals surface area contributed by atoms with Crippen molar-refractivity contribution >= 4 is 23.2 Å². The zero-order chi connectivity index (χ0) is 16.2. The van der Waals surface area contributed by atoms with Crippen molar-refractivity contribution in [1.82, 2.24) is 10.2 Å². The number of rotatable bonds is 4. The molecule has 3 rings (SSSR count). The van der Waals surface area contributed by atoms with E-state index in [-0.39, 0.29) is 17.9 Å². The number of benzene rings is 1. The number of thiophene rings is 1. The van der Waals surface area contributed by atoms with E-state index in [2.05, 4.69) is 17.4 Å². The van der Waals surface area contributed by atoms with Crippen LogP contribution in [0.25, 0.3) is 0 Å². The fraction of sp³-hybridized carbons (Fsp3) is 0.333. The highest BCUT2D eigenvalue weighted by Gasteiger charge is 2.32. The molecule has 0 bridgehead atoms. The highest BCUT2D eigenvalue weighted by Crippen LogP contribution is 2.32. The average molecular weight is 328 g/mol. The first-order chi connectivity index (χ1) is 11.2. The molecule has 2 atom stereocenters. The summed E-state index contributed by atoms with van der Waals surface area (Å²) >= 11 is 1.38. The summed E-state index contributed by atoms with van der Waals surface area (Å²) in [5.41, 5.74) is 1.16. The van der Waals surface area contributed by atoms with Crippen LogP contribution in [-0.4, -0.2) is 29.3 Å². The molecular formula is C18H20N2O2S. The first-order valence-corrected chi connectivity index (χ1v) is 8.74. The van der Waals surface area contributed by atoms with Crippen LogP contribution < -0.4 is 5.32 Å². The number of hydrogen-bond acceptors (Lipinski definition) is 3. The monoisotopic (exact) mass is 328 g/mol. The Bertz CT molecular complexity index is 670. The molecule has 1 aliphatic rings. The molecule has 1 aliphatic heterocycles. The predicted molar refractivity (Wildman–Crippen MR) is 91.4 cm³/mol. The van der Waals surface area contributed by atoms with Crippen LogP contribution in [0, 0.1) is 0 Å². The fourth-order valence-electron chi connectivity index (χ4n) is 3.04. The van der Waals surface area contributed by atoms with Crippen molar-refractivity contribution < 1.29 is 9.59 Å². The highest BCUT2D eigenvalue weighted by molar-refractivity contribution is 7.12. The minimum absolute atomic E-state index is 0.0127. The van der Waals surface area contributed by atoms with Crippen molar-refractivity contribution in [3.63, 3.8) is 0 Å². The second-order valence-electron chi connectivity index (χ2n) is 5.77. The van der Waals surface area contributed by atoms with Gasteiger partial charge in [-0.25, -0.2) is 0 Å². The molecule has 2 aromatic rings. The lowest BCUT2D eigenvalue weighted by molar-refractivity contribution is -0.133. The van der Waals surface area contributed by atoms with E-state index in [1.54, 1.807) is 13.0 Å². The maximum Gasteiger partial charge on any atom is 0.261 e. The molecule has 2 unspecified atom stereocenters. The van der Waals surface area contributed by atoms with Crippen molar-refractivity contribution in [2.24, 2.45) is 0 Å². The maximum absolute atomic E-state index is 12.7. The molecule has 0 aliphatic carbocycles. The fourth-order valence-corrected chi connectivity index (χ4v) is 3.67. The highest BCUT2D eigenvalue weighted by atomic mass is 32.1. The third-order valence-corrected chi connectivity index (χ3v) is 5.05. The molecule has 0 spiro atoms. The van der Waals surface area contributed by atoms with Crippen molar-refractivity contribution in [1.29, 1.82) is 0 Å². The number of carbonyl (C=O) groups excluding carboxylic acids is 2. The van der Waals surface area contributed by atoms with Crippen LogP contribution in [0.2, 0.25) is 0 Å². The zero-order valence-electron chi connectivity index (χ0n) is 13.1. The standard InChI is InChI=1S/C18H20N2O2S/c1-13(19-17(21)16-10-6-12-23-16)18(22)20-11-5-9-15(20)14-7-3-2-4-8-14/h2-4,6-8,10,12-13,15H,5,9,11H2,1H3,(H,19,21). The average Bonchev–Trinajstić information content (AvgIpc) is 3.26. The van der Waals surface area contributed by atoms with E-state index in [0.717, 1.165) is 24.9 Å². The molecule has 0 radical (unpaired) electrons. The van der Waals surface area contributed by atoms with Crippen LogP contribution in [0.15, 0.2) is 47.8 Å². The molecule has 1 fully saturated rings. The topological polar surface area (TPSA) is 49.4 Å². The normalized spacial score (nSPS) is 18.7. The van der Waals surface area contributed by atoms with Crippen LogP contribution >= 0.6 is 11.3 Å². The van der Waals surface area contributed by atoms with Gasteiger partial charge in [0.2, 0.25) is 5.91 Å². The van der Waals surface area contributed by atoms with E-state index in [0.29, 0.717) is 4.88 Å². The summed E-state index contributed by atoms with van der Waals surface area (Å²) in [5, 5.41) is 4.67. The Morgan fingerprint density at radius 3 is 2.70 bits per heavy atom. The Morgan fingerprint density at radius 2 is 2.00 bits per heavy atom. The van der Waals surface area contributed by atoms with Gasteiger partial charge in [-0.3, -0.25) is 9.59 Å². The Labute approximate surface area is 140 Å². The molecule has 23 heavy (non-hydrogen) atoms. The number of likely N-dealkylation sites (tertiary alicyclic amines) is 1. The van der Waals surface area contributed by atoms with E-state index in [1.165, 1.54) is 11.3 Å². The molecule has 5 heteroatoms. The minimum Gasteiger partial charge on any atom is -0.340 e. The van der Waals surface area contributed by atoms with Crippen LogP contribution in [-0.2, 0) is 4.79 Å². The van der Waals surface area contributed by atoms with Crippen LogP contribution in [0.3, 0.4) is 0 Å². The SMILES string of the molecule is CC(NC(=O)c1cccs1)C(=O)N1CCCC1c1ccccc1. The number of carbonyl (C=O) groups is 2. The van der Waals surface area contributed by atoms with Gasteiger partial charge < -0.3 is 10.2 Å². The Kier molecular flexibility index (Phi) is 4.76. The number of nitrogens with zero attached hydrogens (tertiary/aromatic N) is 1. The summed E-state index contributed by atoms with van der Waals surface area (Å²) in [6, 6.07) is 13.3. The van der Waals surface area contributed by atoms with E-state index in [9.17, 15) is 9.59 Å². The predicted octanol–water partition coefficient (Wildman–Crippen LogP) is 3.23. The largest absolute Gasteiger partial charge is 0.340 e. The van der Waals surface area contributed by atoms with Crippen molar-refractivity contribution in [3.05, 3.63) is 58.3 Å². The first-order valence-electron chi connectivity index (χ1n) is 7.86. The van der Waals surface area contributed by atoms with Gasteiger partial charge in [-0.1, -0.05) is 36.4 Å². The Morgan fingerprint density at radius 1 is 1.22 bits per heavy atom. The third kappa shape index (κ3) is 3.45. The zero-order valence-corrected chi connectivity index (χ0v) is 13.9. The maximum atomic E-state index is 12.7. The molecule has 1 aromatic heterocycles. The minimum atomic E-state index is -0.520. The molecule has 2 heterocycles. The van der Waals surface area contributed by atoms with Crippen LogP contribution in [0.4, 0.5) is 0 Å². The van der Waals surface area contributed by atoms with Gasteiger partial charge in [0, 0.05) is 6.54 Å². The van der Waals surface area contributed by atoms with E-state index in [4.69, 9.17) is 0 Å². The second kappa shape index (κ2) is 6.96. The molecular weight excluding hydrogens is 308 g/mol. The number of hydrogen-bond donors (Lipinski definition) is 1.